The summed E-state index contributed by atoms with van der Waals surface area (Å²) in [7, 11) is 1.89. The molecule has 1 aromatic heterocycles. The maximum absolute atomic E-state index is 11.4. The van der Waals surface area contributed by atoms with Crippen molar-refractivity contribution in [2.75, 3.05) is 18.5 Å². The first-order valence-electron chi connectivity index (χ1n) is 4.09. The molecule has 4 nitrogen and oxygen atoms in total. The Morgan fingerprint density at radius 3 is 2.92 bits per heavy atom. The van der Waals surface area contributed by atoms with Crippen LogP contribution in [-0.2, 0) is 6.54 Å². The Bertz CT molecular complexity index is 441. The van der Waals surface area contributed by atoms with Gasteiger partial charge in [0.2, 0.25) is 0 Å². The van der Waals surface area contributed by atoms with Crippen molar-refractivity contribution in [1.29, 1.82) is 5.26 Å². The highest BCUT2D eigenvalue weighted by Gasteiger charge is 2.19. The standard InChI is InChI=1S/C9H9N3O/c1-11-4-5-12-8(13)3-2-7(6-10)9(11)12/h2-3H,4-5H2,1H3. The van der Waals surface area contributed by atoms with Crippen molar-refractivity contribution in [2.45, 2.75) is 6.54 Å². The normalized spacial score (nSPS) is 14.0. The van der Waals surface area contributed by atoms with Gasteiger partial charge in [-0.15, -0.1) is 0 Å². The third-order valence-corrected chi connectivity index (χ3v) is 2.30. The number of pyridine rings is 1. The number of likely N-dealkylation sites (N-methyl/N-ethyl adjacent to an activating group) is 1. The average molecular weight is 175 g/mol. The van der Waals surface area contributed by atoms with Crippen LogP contribution in [-0.4, -0.2) is 18.2 Å². The Balaban J connectivity index is 2.76. The molecular weight excluding hydrogens is 166 g/mol. The lowest BCUT2D eigenvalue weighted by Gasteiger charge is -2.11. The van der Waals surface area contributed by atoms with Crippen molar-refractivity contribution in [2.24, 2.45) is 0 Å². The topological polar surface area (TPSA) is 49.0 Å². The molecule has 0 saturated carbocycles. The third-order valence-electron chi connectivity index (χ3n) is 2.30. The highest BCUT2D eigenvalue weighted by molar-refractivity contribution is 5.55. The van der Waals surface area contributed by atoms with Crippen LogP contribution in [0.3, 0.4) is 0 Å². The Hall–Kier alpha value is -1.76. The minimum Gasteiger partial charge on any atom is -0.358 e. The number of aromatic nitrogens is 1. The molecule has 0 fully saturated rings. The van der Waals surface area contributed by atoms with E-state index in [0.29, 0.717) is 12.1 Å². The third kappa shape index (κ3) is 1.01. The van der Waals surface area contributed by atoms with Crippen LogP contribution in [0.1, 0.15) is 5.56 Å². The molecule has 13 heavy (non-hydrogen) atoms. The Morgan fingerprint density at radius 1 is 1.46 bits per heavy atom. The molecule has 0 atom stereocenters. The molecule has 2 rings (SSSR count). The molecule has 0 bridgehead atoms. The first-order valence-corrected chi connectivity index (χ1v) is 4.09. The van der Waals surface area contributed by atoms with E-state index < -0.39 is 0 Å². The van der Waals surface area contributed by atoms with Crippen LogP contribution >= 0.6 is 0 Å². The highest BCUT2D eigenvalue weighted by Crippen LogP contribution is 2.20. The smallest absolute Gasteiger partial charge is 0.252 e. The SMILES string of the molecule is CN1CCn2c1c(C#N)ccc2=O. The van der Waals surface area contributed by atoms with Crippen LogP contribution in [0.4, 0.5) is 5.82 Å². The van der Waals surface area contributed by atoms with Gasteiger partial charge in [0.05, 0.1) is 5.56 Å². The Labute approximate surface area is 75.6 Å². The molecule has 0 spiro atoms. The van der Waals surface area contributed by atoms with E-state index in [2.05, 4.69) is 6.07 Å². The molecule has 0 aliphatic carbocycles. The lowest BCUT2D eigenvalue weighted by Crippen LogP contribution is -2.18. The van der Waals surface area contributed by atoms with Crippen LogP contribution in [0.15, 0.2) is 16.9 Å². The van der Waals surface area contributed by atoms with Gasteiger partial charge in [-0.1, -0.05) is 0 Å². The number of fused-ring (bicyclic) bond motifs is 1. The molecular formula is C9H9N3O. The number of hydrogen-bond donors (Lipinski definition) is 0. The molecule has 0 saturated heterocycles. The van der Waals surface area contributed by atoms with E-state index in [-0.39, 0.29) is 5.56 Å². The predicted octanol–water partition coefficient (Wildman–Crippen LogP) is 0.170. The molecule has 66 valence electrons. The quantitative estimate of drug-likeness (QED) is 0.564. The Kier molecular flexibility index (Phi) is 1.59. The van der Waals surface area contributed by atoms with Crippen molar-refractivity contribution < 1.29 is 0 Å². The summed E-state index contributed by atoms with van der Waals surface area (Å²) >= 11 is 0. The fraction of sp³-hybridized carbons (Fsp3) is 0.333. The minimum atomic E-state index is -0.0293. The summed E-state index contributed by atoms with van der Waals surface area (Å²) in [5, 5.41) is 8.82. The summed E-state index contributed by atoms with van der Waals surface area (Å²) < 4.78 is 1.64. The average Bonchev–Trinajstić information content (AvgIpc) is 2.51. The van der Waals surface area contributed by atoms with Gasteiger partial charge in [-0.2, -0.15) is 5.26 Å². The second-order valence-electron chi connectivity index (χ2n) is 3.09. The van der Waals surface area contributed by atoms with Crippen LogP contribution < -0.4 is 10.5 Å². The molecule has 1 aliphatic heterocycles. The molecule has 4 heteroatoms. The van der Waals surface area contributed by atoms with Gasteiger partial charge < -0.3 is 4.90 Å². The maximum atomic E-state index is 11.4. The van der Waals surface area contributed by atoms with Gasteiger partial charge in [0.25, 0.3) is 5.56 Å². The fourth-order valence-electron chi connectivity index (χ4n) is 1.64. The first-order chi connectivity index (χ1) is 6.24. The van der Waals surface area contributed by atoms with Crippen LogP contribution in [0.2, 0.25) is 0 Å². The largest absolute Gasteiger partial charge is 0.358 e. The van der Waals surface area contributed by atoms with Gasteiger partial charge >= 0.3 is 0 Å². The van der Waals surface area contributed by atoms with E-state index in [1.807, 2.05) is 11.9 Å². The lowest BCUT2D eigenvalue weighted by molar-refractivity contribution is 0.763. The molecule has 1 aromatic rings. The van der Waals surface area contributed by atoms with E-state index in [1.165, 1.54) is 6.07 Å². The zero-order valence-corrected chi connectivity index (χ0v) is 7.32. The minimum absolute atomic E-state index is 0.0293. The molecule has 0 aromatic carbocycles. The van der Waals surface area contributed by atoms with Gasteiger partial charge in [-0.05, 0) is 6.07 Å². The first kappa shape index (κ1) is 7.87. The summed E-state index contributed by atoms with van der Waals surface area (Å²) in [6.07, 6.45) is 0. The summed E-state index contributed by atoms with van der Waals surface area (Å²) in [6.45, 7) is 1.48. The second-order valence-corrected chi connectivity index (χ2v) is 3.09. The summed E-state index contributed by atoms with van der Waals surface area (Å²) in [5.74, 6) is 0.745. The van der Waals surface area contributed by atoms with Crippen molar-refractivity contribution in [3.63, 3.8) is 0 Å². The zero-order valence-electron chi connectivity index (χ0n) is 7.32. The van der Waals surface area contributed by atoms with Gasteiger partial charge in [0.1, 0.15) is 11.9 Å². The van der Waals surface area contributed by atoms with Crippen LogP contribution in [0.5, 0.6) is 0 Å². The van der Waals surface area contributed by atoms with E-state index in [4.69, 9.17) is 5.26 Å². The van der Waals surface area contributed by atoms with Gasteiger partial charge in [-0.25, -0.2) is 0 Å². The van der Waals surface area contributed by atoms with Crippen molar-refractivity contribution in [1.82, 2.24) is 4.57 Å². The lowest BCUT2D eigenvalue weighted by atomic mass is 10.3. The molecule has 1 aliphatic rings. The summed E-state index contributed by atoms with van der Waals surface area (Å²) in [6, 6.07) is 5.11. The van der Waals surface area contributed by atoms with Gasteiger partial charge in [0.15, 0.2) is 0 Å². The Morgan fingerprint density at radius 2 is 2.23 bits per heavy atom. The summed E-state index contributed by atoms with van der Waals surface area (Å²) in [4.78, 5) is 13.3. The number of rotatable bonds is 0. The van der Waals surface area contributed by atoms with Crippen LogP contribution in [0, 0.1) is 11.3 Å². The maximum Gasteiger partial charge on any atom is 0.252 e. The van der Waals surface area contributed by atoms with Crippen LogP contribution in [0.25, 0.3) is 0 Å². The number of hydrogen-bond acceptors (Lipinski definition) is 3. The fourth-order valence-corrected chi connectivity index (χ4v) is 1.64. The van der Waals surface area contributed by atoms with Crippen molar-refractivity contribution in [3.8, 4) is 6.07 Å². The highest BCUT2D eigenvalue weighted by atomic mass is 16.1. The zero-order chi connectivity index (χ0) is 9.42. The predicted molar refractivity (Wildman–Crippen MR) is 48.7 cm³/mol. The van der Waals surface area contributed by atoms with Crippen molar-refractivity contribution >= 4 is 5.82 Å². The summed E-state index contributed by atoms with van der Waals surface area (Å²) in [5.41, 5.74) is 0.540. The molecule has 0 amide bonds. The molecule has 2 heterocycles. The van der Waals surface area contributed by atoms with E-state index in [1.54, 1.807) is 10.6 Å². The number of nitrogens with zero attached hydrogens (tertiary/aromatic N) is 3. The number of nitriles is 1. The van der Waals surface area contributed by atoms with Crippen molar-refractivity contribution in [3.05, 3.63) is 28.0 Å². The second kappa shape index (κ2) is 2.63. The van der Waals surface area contributed by atoms with Gasteiger partial charge in [0, 0.05) is 26.2 Å². The van der Waals surface area contributed by atoms with E-state index >= 15 is 0 Å². The molecule has 0 radical (unpaired) electrons. The monoisotopic (exact) mass is 175 g/mol. The molecule has 0 N–H and O–H groups in total. The van der Waals surface area contributed by atoms with E-state index in [9.17, 15) is 4.79 Å². The number of anilines is 1. The molecule has 0 unspecified atom stereocenters. The van der Waals surface area contributed by atoms with E-state index in [0.717, 1.165) is 12.4 Å². The van der Waals surface area contributed by atoms with Gasteiger partial charge in [-0.3, -0.25) is 9.36 Å².